The van der Waals surface area contributed by atoms with Gasteiger partial charge in [-0.05, 0) is 49.7 Å². The van der Waals surface area contributed by atoms with Gasteiger partial charge in [-0.2, -0.15) is 0 Å². The Balaban J connectivity index is 2.10. The maximum Gasteiger partial charge on any atom is 0.235 e. The monoisotopic (exact) mass is 232 g/mol. The van der Waals surface area contributed by atoms with Crippen molar-refractivity contribution in [1.82, 2.24) is 5.32 Å². The van der Waals surface area contributed by atoms with Crippen LogP contribution in [0.1, 0.15) is 18.4 Å². The molecule has 2 aliphatic heterocycles. The highest BCUT2D eigenvalue weighted by molar-refractivity contribution is 6.06. The number of methoxy groups -OCH3 is 1. The number of benzene rings is 1. The minimum Gasteiger partial charge on any atom is -0.497 e. The molecule has 17 heavy (non-hydrogen) atoms. The molecule has 1 aromatic rings. The van der Waals surface area contributed by atoms with Crippen molar-refractivity contribution in [2.75, 3.05) is 25.5 Å². The van der Waals surface area contributed by atoms with Crippen molar-refractivity contribution in [1.29, 1.82) is 0 Å². The summed E-state index contributed by atoms with van der Waals surface area (Å²) in [6, 6.07) is 5.82. The Morgan fingerprint density at radius 2 is 2.06 bits per heavy atom. The SMILES string of the molecule is COc1ccc2c(c1)C1(CCNCC1)C(=O)N2. The molecule has 1 spiro atoms. The average molecular weight is 232 g/mol. The predicted molar refractivity (Wildman–Crippen MR) is 65.4 cm³/mol. The Hall–Kier alpha value is -1.55. The van der Waals surface area contributed by atoms with Gasteiger partial charge < -0.3 is 15.4 Å². The third-order valence-corrected chi connectivity index (χ3v) is 3.88. The zero-order valence-corrected chi connectivity index (χ0v) is 9.88. The summed E-state index contributed by atoms with van der Waals surface area (Å²) in [6.45, 7) is 1.79. The summed E-state index contributed by atoms with van der Waals surface area (Å²) in [5.41, 5.74) is 1.70. The molecule has 1 aromatic carbocycles. The molecule has 2 heterocycles. The van der Waals surface area contributed by atoms with Gasteiger partial charge in [0.25, 0.3) is 0 Å². The lowest BCUT2D eigenvalue weighted by Gasteiger charge is -2.32. The Morgan fingerprint density at radius 1 is 1.29 bits per heavy atom. The van der Waals surface area contributed by atoms with Gasteiger partial charge in [-0.1, -0.05) is 0 Å². The zero-order valence-electron chi connectivity index (χ0n) is 9.88. The number of carbonyl (C=O) groups excluding carboxylic acids is 1. The number of fused-ring (bicyclic) bond motifs is 2. The van der Waals surface area contributed by atoms with Crippen LogP contribution in [-0.4, -0.2) is 26.1 Å². The van der Waals surface area contributed by atoms with Crippen molar-refractivity contribution in [3.63, 3.8) is 0 Å². The van der Waals surface area contributed by atoms with E-state index in [0.29, 0.717) is 0 Å². The summed E-state index contributed by atoms with van der Waals surface area (Å²) in [5, 5.41) is 6.29. The molecule has 3 rings (SSSR count). The third-order valence-electron chi connectivity index (χ3n) is 3.88. The van der Waals surface area contributed by atoms with Gasteiger partial charge in [-0.25, -0.2) is 0 Å². The quantitative estimate of drug-likeness (QED) is 0.766. The molecule has 0 aromatic heterocycles. The molecule has 2 N–H and O–H groups in total. The number of anilines is 1. The van der Waals surface area contributed by atoms with Crippen LogP contribution in [0.25, 0.3) is 0 Å². The van der Waals surface area contributed by atoms with Crippen molar-refractivity contribution in [2.24, 2.45) is 0 Å². The molecule has 0 unspecified atom stereocenters. The van der Waals surface area contributed by atoms with Crippen LogP contribution in [-0.2, 0) is 10.2 Å². The summed E-state index contributed by atoms with van der Waals surface area (Å²) < 4.78 is 5.25. The highest BCUT2D eigenvalue weighted by atomic mass is 16.5. The van der Waals surface area contributed by atoms with E-state index >= 15 is 0 Å². The van der Waals surface area contributed by atoms with E-state index in [1.807, 2.05) is 18.2 Å². The first-order valence-corrected chi connectivity index (χ1v) is 5.97. The predicted octanol–water partition coefficient (Wildman–Crippen LogP) is 1.27. The van der Waals surface area contributed by atoms with Crippen molar-refractivity contribution >= 4 is 11.6 Å². The Kier molecular flexibility index (Phi) is 2.33. The number of ether oxygens (including phenoxy) is 1. The second-order valence-electron chi connectivity index (χ2n) is 4.70. The second kappa shape index (κ2) is 3.74. The van der Waals surface area contributed by atoms with Gasteiger partial charge in [0.05, 0.1) is 12.5 Å². The van der Waals surface area contributed by atoms with Crippen LogP contribution in [0.15, 0.2) is 18.2 Å². The second-order valence-corrected chi connectivity index (χ2v) is 4.70. The van der Waals surface area contributed by atoms with E-state index in [1.165, 1.54) is 0 Å². The summed E-state index contributed by atoms with van der Waals surface area (Å²) in [7, 11) is 1.65. The molecule has 0 radical (unpaired) electrons. The fourth-order valence-corrected chi connectivity index (χ4v) is 2.87. The lowest BCUT2D eigenvalue weighted by Crippen LogP contribution is -2.44. The molecule has 0 saturated carbocycles. The maximum atomic E-state index is 12.2. The number of hydrogen-bond donors (Lipinski definition) is 2. The van der Waals surface area contributed by atoms with Crippen LogP contribution < -0.4 is 15.4 Å². The van der Waals surface area contributed by atoms with Crippen molar-refractivity contribution in [2.45, 2.75) is 18.3 Å². The van der Waals surface area contributed by atoms with Crippen LogP contribution >= 0.6 is 0 Å². The first-order valence-electron chi connectivity index (χ1n) is 5.97. The fraction of sp³-hybridized carbons (Fsp3) is 0.462. The van der Waals surface area contributed by atoms with Crippen LogP contribution in [0.5, 0.6) is 5.75 Å². The minimum absolute atomic E-state index is 0.141. The Morgan fingerprint density at radius 3 is 2.76 bits per heavy atom. The van der Waals surface area contributed by atoms with E-state index in [0.717, 1.165) is 42.9 Å². The molecule has 4 nitrogen and oxygen atoms in total. The van der Waals surface area contributed by atoms with Gasteiger partial charge in [-0.3, -0.25) is 4.79 Å². The summed E-state index contributed by atoms with van der Waals surface area (Å²) in [5.74, 6) is 0.959. The largest absolute Gasteiger partial charge is 0.497 e. The van der Waals surface area contributed by atoms with Crippen LogP contribution in [0, 0.1) is 0 Å². The van der Waals surface area contributed by atoms with E-state index in [1.54, 1.807) is 7.11 Å². The van der Waals surface area contributed by atoms with E-state index < -0.39 is 0 Å². The first-order chi connectivity index (χ1) is 8.26. The Bertz CT molecular complexity index is 464. The maximum absolute atomic E-state index is 12.2. The molecule has 0 bridgehead atoms. The van der Waals surface area contributed by atoms with Gasteiger partial charge in [0.15, 0.2) is 0 Å². The van der Waals surface area contributed by atoms with Gasteiger partial charge in [0.2, 0.25) is 5.91 Å². The van der Waals surface area contributed by atoms with E-state index in [9.17, 15) is 4.79 Å². The van der Waals surface area contributed by atoms with Crippen LogP contribution in [0.2, 0.25) is 0 Å². The summed E-state index contributed by atoms with van der Waals surface area (Å²) in [6.07, 6.45) is 1.72. The molecule has 90 valence electrons. The number of rotatable bonds is 1. The normalized spacial score (nSPS) is 21.1. The molecule has 1 amide bonds. The van der Waals surface area contributed by atoms with Crippen molar-refractivity contribution in [3.05, 3.63) is 23.8 Å². The van der Waals surface area contributed by atoms with E-state index in [4.69, 9.17) is 4.74 Å². The fourth-order valence-electron chi connectivity index (χ4n) is 2.87. The lowest BCUT2D eigenvalue weighted by atomic mass is 9.74. The number of hydrogen-bond acceptors (Lipinski definition) is 3. The molecule has 1 fully saturated rings. The van der Waals surface area contributed by atoms with Crippen molar-refractivity contribution in [3.8, 4) is 5.75 Å². The minimum atomic E-state index is -0.338. The molecular weight excluding hydrogens is 216 g/mol. The summed E-state index contributed by atoms with van der Waals surface area (Å²) >= 11 is 0. The highest BCUT2D eigenvalue weighted by Crippen LogP contribution is 2.44. The number of piperidine rings is 1. The van der Waals surface area contributed by atoms with Gasteiger partial charge in [-0.15, -0.1) is 0 Å². The van der Waals surface area contributed by atoms with E-state index in [2.05, 4.69) is 10.6 Å². The molecular formula is C13H16N2O2. The number of carbonyl (C=O) groups is 1. The number of amides is 1. The Labute approximate surface area is 100 Å². The molecule has 0 aliphatic carbocycles. The molecule has 4 heteroatoms. The average Bonchev–Trinajstić information content (AvgIpc) is 2.63. The van der Waals surface area contributed by atoms with Crippen molar-refractivity contribution < 1.29 is 9.53 Å². The van der Waals surface area contributed by atoms with Crippen LogP contribution in [0.4, 0.5) is 5.69 Å². The molecule has 0 atom stereocenters. The molecule has 2 aliphatic rings. The zero-order chi connectivity index (χ0) is 11.9. The molecule has 1 saturated heterocycles. The standard InChI is InChI=1S/C13H16N2O2/c1-17-9-2-3-11-10(8-9)13(12(16)15-11)4-6-14-7-5-13/h2-3,8,14H,4-7H2,1H3,(H,15,16). The first kappa shape index (κ1) is 10.6. The topological polar surface area (TPSA) is 50.4 Å². The lowest BCUT2D eigenvalue weighted by molar-refractivity contribution is -0.121. The van der Waals surface area contributed by atoms with E-state index in [-0.39, 0.29) is 11.3 Å². The summed E-state index contributed by atoms with van der Waals surface area (Å²) in [4.78, 5) is 12.2. The van der Waals surface area contributed by atoms with Gasteiger partial charge in [0.1, 0.15) is 5.75 Å². The third kappa shape index (κ3) is 1.44. The van der Waals surface area contributed by atoms with Gasteiger partial charge >= 0.3 is 0 Å². The smallest absolute Gasteiger partial charge is 0.235 e. The van der Waals surface area contributed by atoms with Gasteiger partial charge in [0, 0.05) is 5.69 Å². The highest BCUT2D eigenvalue weighted by Gasteiger charge is 2.47. The number of nitrogens with one attached hydrogen (secondary N) is 2. The van der Waals surface area contributed by atoms with Crippen LogP contribution in [0.3, 0.4) is 0 Å².